The Kier molecular flexibility index (Phi) is 6.56. The molecule has 0 saturated heterocycles. The lowest BCUT2D eigenvalue weighted by Crippen LogP contribution is -2.16. The molecule has 23 heavy (non-hydrogen) atoms. The summed E-state index contributed by atoms with van der Waals surface area (Å²) in [7, 11) is 0. The van der Waals surface area contributed by atoms with E-state index in [9.17, 15) is 4.79 Å². The van der Waals surface area contributed by atoms with E-state index < -0.39 is 0 Å². The first-order chi connectivity index (χ1) is 11.1. The summed E-state index contributed by atoms with van der Waals surface area (Å²) in [5, 5.41) is 6.95. The van der Waals surface area contributed by atoms with Crippen molar-refractivity contribution in [2.24, 2.45) is 0 Å². The van der Waals surface area contributed by atoms with Crippen LogP contribution in [0.1, 0.15) is 13.3 Å². The first-order valence-corrected chi connectivity index (χ1v) is 8.05. The number of carbonyl (C=O) groups excluding carboxylic acids is 1. The van der Waals surface area contributed by atoms with E-state index in [1.165, 1.54) is 0 Å². The molecule has 6 heteroatoms. The summed E-state index contributed by atoms with van der Waals surface area (Å²) in [6, 6.07) is 12.5. The van der Waals surface area contributed by atoms with Crippen LogP contribution in [0.5, 0.6) is 5.75 Å². The summed E-state index contributed by atoms with van der Waals surface area (Å²) >= 11 is 11.8. The molecule has 0 aliphatic rings. The SMILES string of the molecule is CCOc1ccc(NC(=O)CCNc2ccc(Cl)c(Cl)c2)cc1. The molecule has 122 valence electrons. The number of ether oxygens (including phenoxy) is 1. The standard InChI is InChI=1S/C17H18Cl2N2O2/c1-2-23-14-6-3-12(4-7-14)21-17(22)9-10-20-13-5-8-15(18)16(19)11-13/h3-8,11,20H,2,9-10H2,1H3,(H,21,22). The van der Waals surface area contributed by atoms with Crippen LogP contribution >= 0.6 is 23.2 Å². The molecule has 2 aromatic rings. The van der Waals surface area contributed by atoms with Crippen molar-refractivity contribution in [2.45, 2.75) is 13.3 Å². The number of benzene rings is 2. The molecule has 0 unspecified atom stereocenters. The number of hydrogen-bond acceptors (Lipinski definition) is 3. The molecular weight excluding hydrogens is 335 g/mol. The smallest absolute Gasteiger partial charge is 0.226 e. The Morgan fingerprint density at radius 1 is 1.04 bits per heavy atom. The van der Waals surface area contributed by atoms with E-state index in [2.05, 4.69) is 10.6 Å². The van der Waals surface area contributed by atoms with Gasteiger partial charge in [-0.1, -0.05) is 23.2 Å². The lowest BCUT2D eigenvalue weighted by atomic mass is 10.2. The van der Waals surface area contributed by atoms with Crippen molar-refractivity contribution in [2.75, 3.05) is 23.8 Å². The van der Waals surface area contributed by atoms with Gasteiger partial charge in [0.2, 0.25) is 5.91 Å². The second-order valence-electron chi connectivity index (χ2n) is 4.81. The molecule has 2 aromatic carbocycles. The molecule has 2 rings (SSSR count). The zero-order valence-electron chi connectivity index (χ0n) is 12.7. The van der Waals surface area contributed by atoms with Crippen LogP contribution in [-0.2, 0) is 4.79 Å². The van der Waals surface area contributed by atoms with Crippen molar-refractivity contribution in [3.63, 3.8) is 0 Å². The van der Waals surface area contributed by atoms with Gasteiger partial charge in [-0.3, -0.25) is 4.79 Å². The Morgan fingerprint density at radius 2 is 1.74 bits per heavy atom. The van der Waals surface area contributed by atoms with Crippen LogP contribution < -0.4 is 15.4 Å². The number of rotatable bonds is 7. The number of amides is 1. The van der Waals surface area contributed by atoms with E-state index in [1.54, 1.807) is 12.1 Å². The minimum Gasteiger partial charge on any atom is -0.494 e. The molecule has 2 N–H and O–H groups in total. The Hall–Kier alpha value is -1.91. The molecule has 0 atom stereocenters. The summed E-state index contributed by atoms with van der Waals surface area (Å²) in [6.07, 6.45) is 0.341. The third-order valence-electron chi connectivity index (χ3n) is 3.05. The van der Waals surface area contributed by atoms with Gasteiger partial charge in [0.15, 0.2) is 0 Å². The van der Waals surface area contributed by atoms with Gasteiger partial charge in [0.25, 0.3) is 0 Å². The summed E-state index contributed by atoms with van der Waals surface area (Å²) in [4.78, 5) is 11.9. The average molecular weight is 353 g/mol. The topological polar surface area (TPSA) is 50.4 Å². The monoisotopic (exact) mass is 352 g/mol. The van der Waals surface area contributed by atoms with Gasteiger partial charge in [0.05, 0.1) is 16.7 Å². The zero-order valence-corrected chi connectivity index (χ0v) is 14.2. The minimum absolute atomic E-state index is 0.0679. The first-order valence-electron chi connectivity index (χ1n) is 7.30. The fourth-order valence-corrected chi connectivity index (χ4v) is 2.25. The lowest BCUT2D eigenvalue weighted by molar-refractivity contribution is -0.115. The maximum atomic E-state index is 11.9. The Bertz CT molecular complexity index is 660. The van der Waals surface area contributed by atoms with Gasteiger partial charge in [-0.15, -0.1) is 0 Å². The van der Waals surface area contributed by atoms with Crippen LogP contribution in [0.2, 0.25) is 10.0 Å². The minimum atomic E-state index is -0.0679. The summed E-state index contributed by atoms with van der Waals surface area (Å²) in [5.74, 6) is 0.716. The molecule has 0 heterocycles. The number of halogens is 2. The van der Waals surface area contributed by atoms with E-state index in [0.29, 0.717) is 29.6 Å². The molecular formula is C17H18Cl2N2O2. The van der Waals surface area contributed by atoms with E-state index in [-0.39, 0.29) is 5.91 Å². The Morgan fingerprint density at radius 3 is 2.39 bits per heavy atom. The van der Waals surface area contributed by atoms with Crippen molar-refractivity contribution in [3.05, 3.63) is 52.5 Å². The van der Waals surface area contributed by atoms with Gasteiger partial charge in [0, 0.05) is 24.3 Å². The fourth-order valence-electron chi connectivity index (χ4n) is 1.95. The molecule has 0 radical (unpaired) electrons. The molecule has 0 fully saturated rings. The Labute approximate surface area is 145 Å². The van der Waals surface area contributed by atoms with E-state index in [0.717, 1.165) is 17.1 Å². The summed E-state index contributed by atoms with van der Waals surface area (Å²) in [6.45, 7) is 3.05. The summed E-state index contributed by atoms with van der Waals surface area (Å²) < 4.78 is 5.35. The molecule has 0 aliphatic heterocycles. The number of carbonyl (C=O) groups is 1. The molecule has 4 nitrogen and oxygen atoms in total. The van der Waals surface area contributed by atoms with Crippen LogP contribution in [0.15, 0.2) is 42.5 Å². The van der Waals surface area contributed by atoms with Crippen LogP contribution in [0.3, 0.4) is 0 Å². The van der Waals surface area contributed by atoms with Crippen LogP contribution in [-0.4, -0.2) is 19.1 Å². The summed E-state index contributed by atoms with van der Waals surface area (Å²) in [5.41, 5.74) is 1.57. The second-order valence-corrected chi connectivity index (χ2v) is 5.63. The maximum absolute atomic E-state index is 11.9. The fraction of sp³-hybridized carbons (Fsp3) is 0.235. The van der Waals surface area contributed by atoms with Crippen molar-refractivity contribution < 1.29 is 9.53 Å². The highest BCUT2D eigenvalue weighted by molar-refractivity contribution is 6.42. The molecule has 0 saturated carbocycles. The zero-order chi connectivity index (χ0) is 16.7. The van der Waals surface area contributed by atoms with Crippen molar-refractivity contribution >= 4 is 40.5 Å². The lowest BCUT2D eigenvalue weighted by Gasteiger charge is -2.09. The largest absolute Gasteiger partial charge is 0.494 e. The first kappa shape index (κ1) is 17.4. The normalized spacial score (nSPS) is 10.2. The van der Waals surface area contributed by atoms with E-state index in [4.69, 9.17) is 27.9 Å². The van der Waals surface area contributed by atoms with Crippen molar-refractivity contribution in [3.8, 4) is 5.75 Å². The van der Waals surface area contributed by atoms with Crippen LogP contribution in [0.25, 0.3) is 0 Å². The predicted octanol–water partition coefficient (Wildman–Crippen LogP) is 4.83. The molecule has 0 bridgehead atoms. The second kappa shape index (κ2) is 8.65. The molecule has 0 spiro atoms. The quantitative estimate of drug-likeness (QED) is 0.749. The maximum Gasteiger partial charge on any atom is 0.226 e. The van der Waals surface area contributed by atoms with Crippen molar-refractivity contribution in [1.82, 2.24) is 0 Å². The highest BCUT2D eigenvalue weighted by Gasteiger charge is 2.04. The molecule has 0 aromatic heterocycles. The third kappa shape index (κ3) is 5.66. The highest BCUT2D eigenvalue weighted by atomic mass is 35.5. The highest BCUT2D eigenvalue weighted by Crippen LogP contribution is 2.24. The Balaban J connectivity index is 1.77. The average Bonchev–Trinajstić information content (AvgIpc) is 2.53. The van der Waals surface area contributed by atoms with Gasteiger partial charge >= 0.3 is 0 Å². The third-order valence-corrected chi connectivity index (χ3v) is 3.79. The van der Waals surface area contributed by atoms with Gasteiger partial charge in [0.1, 0.15) is 5.75 Å². The van der Waals surface area contributed by atoms with Crippen LogP contribution in [0, 0.1) is 0 Å². The van der Waals surface area contributed by atoms with Gasteiger partial charge in [-0.05, 0) is 49.4 Å². The van der Waals surface area contributed by atoms with E-state index in [1.807, 2.05) is 37.3 Å². The van der Waals surface area contributed by atoms with E-state index >= 15 is 0 Å². The molecule has 1 amide bonds. The number of hydrogen-bond donors (Lipinski definition) is 2. The van der Waals surface area contributed by atoms with Gasteiger partial charge in [-0.25, -0.2) is 0 Å². The number of anilines is 2. The molecule has 0 aliphatic carbocycles. The number of nitrogens with one attached hydrogen (secondary N) is 2. The van der Waals surface area contributed by atoms with Gasteiger partial charge < -0.3 is 15.4 Å². The van der Waals surface area contributed by atoms with Gasteiger partial charge in [-0.2, -0.15) is 0 Å². The van der Waals surface area contributed by atoms with Crippen molar-refractivity contribution in [1.29, 1.82) is 0 Å². The van der Waals surface area contributed by atoms with Crippen LogP contribution in [0.4, 0.5) is 11.4 Å². The predicted molar refractivity (Wildman–Crippen MR) is 95.8 cm³/mol.